The number of hydrogen-bond donors (Lipinski definition) is 0. The standard InChI is InChI=1S/C13H17F3O3/c1-17-11-5-4-10(12(18-2)19-3)8-9(11)6-7-13(14,15)16/h4-5,8,12H,6-7H2,1-3H3. The molecule has 0 aliphatic heterocycles. The van der Waals surface area contributed by atoms with Gasteiger partial charge in [0.15, 0.2) is 6.29 Å². The second kappa shape index (κ2) is 6.77. The molecule has 3 nitrogen and oxygen atoms in total. The molecular weight excluding hydrogens is 261 g/mol. The summed E-state index contributed by atoms with van der Waals surface area (Å²) < 4.78 is 52.0. The molecule has 1 aromatic rings. The number of halogens is 3. The number of methoxy groups -OCH3 is 3. The molecule has 0 radical (unpaired) electrons. The van der Waals surface area contributed by atoms with Gasteiger partial charge in [0.2, 0.25) is 0 Å². The Kier molecular flexibility index (Phi) is 5.62. The summed E-state index contributed by atoms with van der Waals surface area (Å²) in [5, 5.41) is 0. The third kappa shape index (κ3) is 4.72. The Morgan fingerprint density at radius 3 is 2.21 bits per heavy atom. The van der Waals surface area contributed by atoms with Crippen molar-refractivity contribution in [1.82, 2.24) is 0 Å². The third-order valence-electron chi connectivity index (χ3n) is 2.68. The molecule has 108 valence electrons. The van der Waals surface area contributed by atoms with E-state index in [4.69, 9.17) is 14.2 Å². The van der Waals surface area contributed by atoms with Gasteiger partial charge < -0.3 is 14.2 Å². The van der Waals surface area contributed by atoms with E-state index >= 15 is 0 Å². The SMILES string of the molecule is COc1ccc(C(OC)OC)cc1CCC(F)(F)F. The fourth-order valence-electron chi connectivity index (χ4n) is 1.79. The molecule has 0 aromatic heterocycles. The van der Waals surface area contributed by atoms with Gasteiger partial charge in [-0.25, -0.2) is 0 Å². The van der Waals surface area contributed by atoms with E-state index in [1.165, 1.54) is 21.3 Å². The maximum Gasteiger partial charge on any atom is 0.389 e. The van der Waals surface area contributed by atoms with Crippen LogP contribution in [0.15, 0.2) is 18.2 Å². The minimum absolute atomic E-state index is 0.138. The number of ether oxygens (including phenoxy) is 3. The van der Waals surface area contributed by atoms with Gasteiger partial charge in [-0.3, -0.25) is 0 Å². The van der Waals surface area contributed by atoms with Crippen molar-refractivity contribution in [1.29, 1.82) is 0 Å². The van der Waals surface area contributed by atoms with Crippen molar-refractivity contribution >= 4 is 0 Å². The topological polar surface area (TPSA) is 27.7 Å². The molecule has 19 heavy (non-hydrogen) atoms. The molecule has 0 fully saturated rings. The Hall–Kier alpha value is -1.27. The van der Waals surface area contributed by atoms with E-state index < -0.39 is 18.9 Å². The van der Waals surface area contributed by atoms with Gasteiger partial charge in [0.25, 0.3) is 0 Å². The van der Waals surface area contributed by atoms with Gasteiger partial charge in [-0.1, -0.05) is 6.07 Å². The summed E-state index contributed by atoms with van der Waals surface area (Å²) in [7, 11) is 4.36. The highest BCUT2D eigenvalue weighted by atomic mass is 19.4. The average Bonchev–Trinajstić information content (AvgIpc) is 2.37. The molecule has 0 saturated carbocycles. The van der Waals surface area contributed by atoms with Crippen molar-refractivity contribution in [3.8, 4) is 5.75 Å². The molecule has 0 unspecified atom stereocenters. The first-order valence-electron chi connectivity index (χ1n) is 5.70. The fraction of sp³-hybridized carbons (Fsp3) is 0.538. The molecule has 0 heterocycles. The smallest absolute Gasteiger partial charge is 0.389 e. The van der Waals surface area contributed by atoms with Gasteiger partial charge in [-0.2, -0.15) is 13.2 Å². The van der Waals surface area contributed by atoms with Crippen molar-refractivity contribution in [3.05, 3.63) is 29.3 Å². The number of hydrogen-bond acceptors (Lipinski definition) is 3. The minimum Gasteiger partial charge on any atom is -0.496 e. The molecular formula is C13H17F3O3. The summed E-state index contributed by atoms with van der Waals surface area (Å²) >= 11 is 0. The Bertz CT molecular complexity index is 401. The monoisotopic (exact) mass is 278 g/mol. The third-order valence-corrected chi connectivity index (χ3v) is 2.68. The van der Waals surface area contributed by atoms with Crippen LogP contribution in [0.3, 0.4) is 0 Å². The summed E-state index contributed by atoms with van der Waals surface area (Å²) in [5.74, 6) is 0.430. The van der Waals surface area contributed by atoms with Gasteiger partial charge in [0, 0.05) is 26.2 Å². The number of aryl methyl sites for hydroxylation is 1. The van der Waals surface area contributed by atoms with Crippen LogP contribution in [0.1, 0.15) is 23.8 Å². The van der Waals surface area contributed by atoms with Crippen LogP contribution in [0.2, 0.25) is 0 Å². The van der Waals surface area contributed by atoms with Crippen LogP contribution < -0.4 is 4.74 Å². The zero-order valence-corrected chi connectivity index (χ0v) is 11.1. The normalized spacial score (nSPS) is 11.9. The first kappa shape index (κ1) is 15.8. The fourth-order valence-corrected chi connectivity index (χ4v) is 1.79. The summed E-state index contributed by atoms with van der Waals surface area (Å²) in [6, 6.07) is 4.93. The Labute approximate surface area is 110 Å². The maximum absolute atomic E-state index is 12.3. The van der Waals surface area contributed by atoms with E-state index in [1.54, 1.807) is 18.2 Å². The summed E-state index contributed by atoms with van der Waals surface area (Å²) in [6.45, 7) is 0. The summed E-state index contributed by atoms with van der Waals surface area (Å²) in [5.41, 5.74) is 1.14. The van der Waals surface area contributed by atoms with Gasteiger partial charge in [0.1, 0.15) is 5.75 Å². The number of alkyl halides is 3. The van der Waals surface area contributed by atoms with Crippen molar-refractivity contribution in [2.24, 2.45) is 0 Å². The molecule has 0 aliphatic carbocycles. The maximum atomic E-state index is 12.3. The van der Waals surface area contributed by atoms with Gasteiger partial charge >= 0.3 is 6.18 Å². The van der Waals surface area contributed by atoms with Crippen molar-refractivity contribution in [2.45, 2.75) is 25.3 Å². The van der Waals surface area contributed by atoms with E-state index in [2.05, 4.69) is 0 Å². The van der Waals surface area contributed by atoms with E-state index in [-0.39, 0.29) is 6.42 Å². The van der Waals surface area contributed by atoms with Gasteiger partial charge in [-0.05, 0) is 24.1 Å². The lowest BCUT2D eigenvalue weighted by Crippen LogP contribution is -2.10. The van der Waals surface area contributed by atoms with E-state index in [0.717, 1.165) is 0 Å². The zero-order chi connectivity index (χ0) is 14.5. The second-order valence-corrected chi connectivity index (χ2v) is 3.99. The lowest BCUT2D eigenvalue weighted by molar-refractivity contribution is -0.134. The summed E-state index contributed by atoms with van der Waals surface area (Å²) in [6.07, 6.45) is -5.82. The molecule has 0 N–H and O–H groups in total. The molecule has 1 aromatic carbocycles. The van der Waals surface area contributed by atoms with Gasteiger partial charge in [-0.15, -0.1) is 0 Å². The quantitative estimate of drug-likeness (QED) is 0.746. The van der Waals surface area contributed by atoms with Crippen LogP contribution in [0.25, 0.3) is 0 Å². The molecule has 6 heteroatoms. The van der Waals surface area contributed by atoms with Crippen LogP contribution >= 0.6 is 0 Å². The highest BCUT2D eigenvalue weighted by Gasteiger charge is 2.27. The predicted molar refractivity (Wildman–Crippen MR) is 64.1 cm³/mol. The van der Waals surface area contributed by atoms with Crippen LogP contribution in [0.5, 0.6) is 5.75 Å². The zero-order valence-electron chi connectivity index (χ0n) is 11.1. The number of benzene rings is 1. The summed E-state index contributed by atoms with van der Waals surface area (Å²) in [4.78, 5) is 0. The molecule has 0 spiro atoms. The molecule has 1 rings (SSSR count). The molecule has 0 bridgehead atoms. The van der Waals surface area contributed by atoms with E-state index in [0.29, 0.717) is 16.9 Å². The van der Waals surface area contributed by atoms with Crippen LogP contribution in [-0.4, -0.2) is 27.5 Å². The molecule has 0 saturated heterocycles. The Morgan fingerprint density at radius 1 is 1.11 bits per heavy atom. The lowest BCUT2D eigenvalue weighted by atomic mass is 10.0. The van der Waals surface area contributed by atoms with Crippen LogP contribution in [-0.2, 0) is 15.9 Å². The van der Waals surface area contributed by atoms with Crippen molar-refractivity contribution in [2.75, 3.05) is 21.3 Å². The van der Waals surface area contributed by atoms with Crippen molar-refractivity contribution < 1.29 is 27.4 Å². The van der Waals surface area contributed by atoms with Crippen LogP contribution in [0.4, 0.5) is 13.2 Å². The van der Waals surface area contributed by atoms with E-state index in [9.17, 15) is 13.2 Å². The average molecular weight is 278 g/mol. The largest absolute Gasteiger partial charge is 0.496 e. The van der Waals surface area contributed by atoms with Gasteiger partial charge in [0.05, 0.1) is 7.11 Å². The molecule has 0 aliphatic rings. The Balaban J connectivity index is 2.95. The molecule has 0 amide bonds. The predicted octanol–water partition coefficient (Wildman–Crippen LogP) is 3.48. The highest BCUT2D eigenvalue weighted by Crippen LogP contribution is 2.29. The minimum atomic E-state index is -4.19. The highest BCUT2D eigenvalue weighted by molar-refractivity contribution is 5.38. The van der Waals surface area contributed by atoms with Crippen molar-refractivity contribution in [3.63, 3.8) is 0 Å². The second-order valence-electron chi connectivity index (χ2n) is 3.99. The van der Waals surface area contributed by atoms with E-state index in [1.807, 2.05) is 0 Å². The van der Waals surface area contributed by atoms with Crippen LogP contribution in [0, 0.1) is 0 Å². The lowest BCUT2D eigenvalue weighted by Gasteiger charge is -2.17. The molecule has 0 atom stereocenters. The Morgan fingerprint density at radius 2 is 1.74 bits per heavy atom. The first-order valence-corrected chi connectivity index (χ1v) is 5.70. The number of rotatable bonds is 6. The first-order chi connectivity index (χ1) is 8.91.